The summed E-state index contributed by atoms with van der Waals surface area (Å²) >= 11 is 0. The molecule has 0 radical (unpaired) electrons. The van der Waals surface area contributed by atoms with Crippen molar-refractivity contribution in [3.8, 4) is 5.75 Å². The molecule has 1 aromatic carbocycles. The molecule has 0 fully saturated rings. The van der Waals surface area contributed by atoms with Crippen molar-refractivity contribution in [1.29, 1.82) is 0 Å². The number of alkyl halides is 2. The van der Waals surface area contributed by atoms with Gasteiger partial charge in [-0.05, 0) is 38.5 Å². The molecule has 1 unspecified atom stereocenters. The molecule has 1 rings (SSSR count). The van der Waals surface area contributed by atoms with Crippen LogP contribution in [0.1, 0.15) is 26.3 Å². The number of amides is 1. The van der Waals surface area contributed by atoms with E-state index >= 15 is 0 Å². The summed E-state index contributed by atoms with van der Waals surface area (Å²) in [7, 11) is 0. The van der Waals surface area contributed by atoms with Crippen molar-refractivity contribution in [3.63, 3.8) is 0 Å². The van der Waals surface area contributed by atoms with Gasteiger partial charge < -0.3 is 15.2 Å². The minimum absolute atomic E-state index is 0.0495. The van der Waals surface area contributed by atoms with E-state index in [1.54, 1.807) is 32.9 Å². The minimum Gasteiger partial charge on any atom is -0.435 e. The number of carbonyl (C=O) groups excluding carboxylic acids is 1. The summed E-state index contributed by atoms with van der Waals surface area (Å²) in [4.78, 5) is 11.8. The van der Waals surface area contributed by atoms with Crippen LogP contribution in [0, 0.1) is 0 Å². The first kappa shape index (κ1) is 16.4. The average Bonchev–Trinajstić information content (AvgIpc) is 2.30. The smallest absolute Gasteiger partial charge is 0.387 e. The molecule has 112 valence electrons. The van der Waals surface area contributed by atoms with Crippen LogP contribution in [-0.4, -0.2) is 29.3 Å². The fraction of sp³-hybridized carbons (Fsp3) is 0.500. The molecule has 0 aromatic heterocycles. The summed E-state index contributed by atoms with van der Waals surface area (Å²) in [5, 5.41) is 12.2. The number of halogens is 2. The molecule has 2 N–H and O–H groups in total. The van der Waals surface area contributed by atoms with Gasteiger partial charge in [-0.1, -0.05) is 12.1 Å². The van der Waals surface area contributed by atoms with Crippen LogP contribution in [0.15, 0.2) is 24.3 Å². The lowest BCUT2D eigenvalue weighted by molar-refractivity contribution is -0.123. The van der Waals surface area contributed by atoms with Crippen LogP contribution < -0.4 is 10.1 Å². The summed E-state index contributed by atoms with van der Waals surface area (Å²) in [6.07, 6.45) is -0.584. The summed E-state index contributed by atoms with van der Waals surface area (Å²) < 4.78 is 28.2. The molecule has 0 saturated carbocycles. The molecule has 6 heteroatoms. The average molecular weight is 287 g/mol. The highest BCUT2D eigenvalue weighted by atomic mass is 19.3. The topological polar surface area (TPSA) is 58.6 Å². The molecule has 0 spiro atoms. The normalized spacial score (nSPS) is 13.2. The largest absolute Gasteiger partial charge is 0.435 e. The number of rotatable bonds is 6. The lowest BCUT2D eigenvalue weighted by Crippen LogP contribution is -2.51. The number of benzene rings is 1. The monoisotopic (exact) mass is 287 g/mol. The summed E-state index contributed by atoms with van der Waals surface area (Å²) in [5.41, 5.74) is -0.0546. The predicted octanol–water partition coefficient (Wildman–Crippen LogP) is 2.11. The molecule has 0 saturated heterocycles. The van der Waals surface area contributed by atoms with Gasteiger partial charge in [0, 0.05) is 0 Å². The van der Waals surface area contributed by atoms with Crippen molar-refractivity contribution >= 4 is 5.91 Å². The Labute approximate surface area is 116 Å². The van der Waals surface area contributed by atoms with E-state index in [0.29, 0.717) is 5.56 Å². The van der Waals surface area contributed by atoms with Crippen molar-refractivity contribution < 1.29 is 23.4 Å². The molecule has 0 heterocycles. The van der Waals surface area contributed by atoms with Gasteiger partial charge in [-0.25, -0.2) is 0 Å². The van der Waals surface area contributed by atoms with Crippen LogP contribution in [0.25, 0.3) is 0 Å². The number of ether oxygens (including phenoxy) is 1. The third-order valence-corrected chi connectivity index (χ3v) is 3.02. The minimum atomic E-state index is -2.86. The Hall–Kier alpha value is -1.69. The van der Waals surface area contributed by atoms with E-state index in [-0.39, 0.29) is 18.1 Å². The zero-order chi connectivity index (χ0) is 15.3. The fourth-order valence-electron chi connectivity index (χ4n) is 1.48. The molecule has 0 aliphatic heterocycles. The van der Waals surface area contributed by atoms with Gasteiger partial charge in [0.15, 0.2) is 0 Å². The standard InChI is InChI=1S/C14H19F2NO3/c1-9(18)14(2,3)17-12(19)8-10-4-6-11(7-5-10)20-13(15)16/h4-7,9,13,18H,8H2,1-3H3,(H,17,19). The summed E-state index contributed by atoms with van der Waals surface area (Å²) in [6, 6.07) is 5.86. The maximum absolute atomic E-state index is 12.0. The van der Waals surface area contributed by atoms with Crippen LogP contribution in [0.3, 0.4) is 0 Å². The lowest BCUT2D eigenvalue weighted by atomic mass is 9.98. The van der Waals surface area contributed by atoms with E-state index in [0.717, 1.165) is 0 Å². The molecular weight excluding hydrogens is 268 g/mol. The molecule has 0 aliphatic rings. The van der Waals surface area contributed by atoms with Gasteiger partial charge in [-0.3, -0.25) is 4.79 Å². The van der Waals surface area contributed by atoms with E-state index in [1.807, 2.05) is 0 Å². The van der Waals surface area contributed by atoms with Crippen molar-refractivity contribution in [2.24, 2.45) is 0 Å². The Bertz CT molecular complexity index is 444. The Morgan fingerprint density at radius 3 is 2.35 bits per heavy atom. The molecule has 20 heavy (non-hydrogen) atoms. The van der Waals surface area contributed by atoms with Crippen molar-refractivity contribution in [3.05, 3.63) is 29.8 Å². The van der Waals surface area contributed by atoms with E-state index in [4.69, 9.17) is 0 Å². The maximum atomic E-state index is 12.0. The Kier molecular flexibility index (Phi) is 5.44. The first-order chi connectivity index (χ1) is 9.20. The number of carbonyl (C=O) groups is 1. The summed E-state index contributed by atoms with van der Waals surface area (Å²) in [6.45, 7) is 2.16. The van der Waals surface area contributed by atoms with Crippen LogP contribution in [0.4, 0.5) is 8.78 Å². The number of nitrogens with one attached hydrogen (secondary N) is 1. The third kappa shape index (κ3) is 5.13. The van der Waals surface area contributed by atoms with Gasteiger partial charge in [0.25, 0.3) is 0 Å². The highest BCUT2D eigenvalue weighted by molar-refractivity contribution is 5.79. The first-order valence-electron chi connectivity index (χ1n) is 6.23. The highest BCUT2D eigenvalue weighted by Crippen LogP contribution is 2.15. The van der Waals surface area contributed by atoms with Gasteiger partial charge >= 0.3 is 6.61 Å². The summed E-state index contributed by atoms with van der Waals surface area (Å²) in [5.74, 6) is -0.202. The Balaban J connectivity index is 2.58. The Morgan fingerprint density at radius 2 is 1.90 bits per heavy atom. The van der Waals surface area contributed by atoms with Crippen LogP contribution in [0.5, 0.6) is 5.75 Å². The van der Waals surface area contributed by atoms with Crippen molar-refractivity contribution in [2.45, 2.75) is 45.4 Å². The zero-order valence-electron chi connectivity index (χ0n) is 11.7. The number of hydrogen-bond acceptors (Lipinski definition) is 3. The molecule has 0 bridgehead atoms. The van der Waals surface area contributed by atoms with Crippen molar-refractivity contribution in [2.75, 3.05) is 0 Å². The molecule has 1 amide bonds. The lowest BCUT2D eigenvalue weighted by Gasteiger charge is -2.29. The van der Waals surface area contributed by atoms with Gasteiger partial charge in [-0.15, -0.1) is 0 Å². The molecule has 1 atom stereocenters. The van der Waals surface area contributed by atoms with Gasteiger partial charge in [0.05, 0.1) is 18.1 Å². The van der Waals surface area contributed by atoms with Crippen molar-refractivity contribution in [1.82, 2.24) is 5.32 Å². The van der Waals surface area contributed by atoms with E-state index in [9.17, 15) is 18.7 Å². The number of aliphatic hydroxyl groups is 1. The maximum Gasteiger partial charge on any atom is 0.387 e. The van der Waals surface area contributed by atoms with Crippen LogP contribution in [0.2, 0.25) is 0 Å². The number of hydrogen-bond donors (Lipinski definition) is 2. The van der Waals surface area contributed by atoms with E-state index in [2.05, 4.69) is 10.1 Å². The Morgan fingerprint density at radius 1 is 1.35 bits per heavy atom. The molecule has 1 aromatic rings. The second kappa shape index (κ2) is 6.65. The zero-order valence-corrected chi connectivity index (χ0v) is 11.7. The second-order valence-corrected chi connectivity index (χ2v) is 5.15. The van der Waals surface area contributed by atoms with Gasteiger partial charge in [-0.2, -0.15) is 8.78 Å². The number of aliphatic hydroxyl groups excluding tert-OH is 1. The molecular formula is C14H19F2NO3. The first-order valence-corrected chi connectivity index (χ1v) is 6.23. The highest BCUT2D eigenvalue weighted by Gasteiger charge is 2.25. The van der Waals surface area contributed by atoms with Gasteiger partial charge in [0.1, 0.15) is 5.75 Å². The van der Waals surface area contributed by atoms with Gasteiger partial charge in [0.2, 0.25) is 5.91 Å². The van der Waals surface area contributed by atoms with E-state index < -0.39 is 18.3 Å². The predicted molar refractivity (Wildman–Crippen MR) is 70.7 cm³/mol. The van der Waals surface area contributed by atoms with E-state index in [1.165, 1.54) is 12.1 Å². The quantitative estimate of drug-likeness (QED) is 0.842. The fourth-order valence-corrected chi connectivity index (χ4v) is 1.48. The third-order valence-electron chi connectivity index (χ3n) is 3.02. The molecule has 4 nitrogen and oxygen atoms in total. The SMILES string of the molecule is CC(O)C(C)(C)NC(=O)Cc1ccc(OC(F)F)cc1. The second-order valence-electron chi connectivity index (χ2n) is 5.15. The van der Waals surface area contributed by atoms with Crippen LogP contribution in [-0.2, 0) is 11.2 Å². The van der Waals surface area contributed by atoms with Crippen LogP contribution >= 0.6 is 0 Å². The molecule has 0 aliphatic carbocycles.